The lowest BCUT2D eigenvalue weighted by atomic mass is 10.3. The molecule has 0 fully saturated rings. The molecular formula is C17H19NO3. The summed E-state index contributed by atoms with van der Waals surface area (Å²) in [7, 11) is 0. The number of ether oxygens (including phenoxy) is 2. The molecule has 0 aliphatic rings. The molecular weight excluding hydrogens is 266 g/mol. The molecule has 2 aromatic rings. The summed E-state index contributed by atoms with van der Waals surface area (Å²) in [6.07, 6.45) is 1.50. The van der Waals surface area contributed by atoms with Crippen molar-refractivity contribution in [3.8, 4) is 11.5 Å². The molecule has 0 saturated carbocycles. The van der Waals surface area contributed by atoms with Gasteiger partial charge in [0.25, 0.3) is 0 Å². The Morgan fingerprint density at radius 2 is 1.76 bits per heavy atom. The van der Waals surface area contributed by atoms with Gasteiger partial charge in [-0.25, -0.2) is 4.79 Å². The molecule has 0 spiro atoms. The smallest absolute Gasteiger partial charge is 0.417 e. The topological polar surface area (TPSA) is 47.6 Å². The fraction of sp³-hybridized carbons (Fsp3) is 0.235. The van der Waals surface area contributed by atoms with Gasteiger partial charge >= 0.3 is 6.09 Å². The molecule has 0 aliphatic carbocycles. The van der Waals surface area contributed by atoms with E-state index >= 15 is 0 Å². The lowest BCUT2D eigenvalue weighted by molar-refractivity contribution is 0.215. The highest BCUT2D eigenvalue weighted by atomic mass is 16.6. The van der Waals surface area contributed by atoms with Crippen molar-refractivity contribution in [3.63, 3.8) is 0 Å². The molecule has 0 unspecified atom stereocenters. The van der Waals surface area contributed by atoms with Crippen molar-refractivity contribution in [2.45, 2.75) is 19.8 Å². The van der Waals surface area contributed by atoms with Gasteiger partial charge < -0.3 is 9.47 Å². The summed E-state index contributed by atoms with van der Waals surface area (Å²) in [5, 5.41) is 2.70. The minimum Gasteiger partial charge on any atom is -0.491 e. The number of hydrogen-bond donors (Lipinski definition) is 1. The van der Waals surface area contributed by atoms with Gasteiger partial charge in [-0.05, 0) is 30.7 Å². The minimum absolute atomic E-state index is 0.499. The number of unbranched alkanes of at least 4 members (excludes halogenated alkanes) is 1. The molecule has 0 aliphatic heterocycles. The first-order chi connectivity index (χ1) is 10.3. The summed E-state index contributed by atoms with van der Waals surface area (Å²) in [4.78, 5) is 11.9. The van der Waals surface area contributed by atoms with E-state index in [1.807, 2.05) is 36.4 Å². The second-order valence-corrected chi connectivity index (χ2v) is 4.53. The van der Waals surface area contributed by atoms with E-state index in [0.29, 0.717) is 23.8 Å². The van der Waals surface area contributed by atoms with E-state index in [1.165, 1.54) is 0 Å². The maximum Gasteiger partial charge on any atom is 0.417 e. The highest BCUT2D eigenvalue weighted by Crippen LogP contribution is 2.24. The highest BCUT2D eigenvalue weighted by Gasteiger charge is 2.09. The van der Waals surface area contributed by atoms with Gasteiger partial charge in [0, 0.05) is 0 Å². The van der Waals surface area contributed by atoms with Crippen molar-refractivity contribution in [3.05, 3.63) is 54.6 Å². The third-order valence-corrected chi connectivity index (χ3v) is 2.83. The highest BCUT2D eigenvalue weighted by molar-refractivity contribution is 5.88. The molecule has 0 aromatic heterocycles. The molecule has 4 heteroatoms. The number of amides is 1. The summed E-state index contributed by atoms with van der Waals surface area (Å²) in [5.41, 5.74) is 0.606. The molecule has 1 N–H and O–H groups in total. The Bertz CT molecular complexity index is 569. The zero-order valence-electron chi connectivity index (χ0n) is 12.0. The Kier molecular flexibility index (Phi) is 5.64. The van der Waals surface area contributed by atoms with Gasteiger partial charge in [0.1, 0.15) is 11.5 Å². The molecule has 110 valence electrons. The summed E-state index contributed by atoms with van der Waals surface area (Å²) < 4.78 is 10.9. The van der Waals surface area contributed by atoms with Gasteiger partial charge in [-0.1, -0.05) is 43.7 Å². The van der Waals surface area contributed by atoms with Gasteiger partial charge in [-0.3, -0.25) is 5.32 Å². The van der Waals surface area contributed by atoms with Crippen LogP contribution in [0.1, 0.15) is 19.8 Å². The van der Waals surface area contributed by atoms with Crippen LogP contribution in [0.4, 0.5) is 10.5 Å². The first-order valence-electron chi connectivity index (χ1n) is 7.05. The number of rotatable bonds is 6. The van der Waals surface area contributed by atoms with Gasteiger partial charge in [0.15, 0.2) is 0 Å². The van der Waals surface area contributed by atoms with Gasteiger partial charge in [0.05, 0.1) is 12.3 Å². The molecule has 2 rings (SSSR count). The average Bonchev–Trinajstić information content (AvgIpc) is 2.50. The van der Waals surface area contributed by atoms with Crippen molar-refractivity contribution < 1.29 is 14.3 Å². The van der Waals surface area contributed by atoms with Crippen LogP contribution in [-0.2, 0) is 0 Å². The zero-order chi connectivity index (χ0) is 14.9. The number of anilines is 1. The number of hydrogen-bond acceptors (Lipinski definition) is 3. The molecule has 1 amide bonds. The maximum absolute atomic E-state index is 11.9. The third-order valence-electron chi connectivity index (χ3n) is 2.83. The molecule has 21 heavy (non-hydrogen) atoms. The van der Waals surface area contributed by atoms with Crippen LogP contribution in [0.3, 0.4) is 0 Å². The molecule has 0 saturated heterocycles. The standard InChI is InChI=1S/C17H19NO3/c1-2-3-13-20-16-12-8-7-11-15(16)18-17(19)21-14-9-5-4-6-10-14/h4-12H,2-3,13H2,1H3,(H,18,19). The van der Waals surface area contributed by atoms with Crippen LogP contribution in [0.15, 0.2) is 54.6 Å². The van der Waals surface area contributed by atoms with E-state index in [-0.39, 0.29) is 0 Å². The maximum atomic E-state index is 11.9. The zero-order valence-corrected chi connectivity index (χ0v) is 12.0. The predicted molar refractivity (Wildman–Crippen MR) is 82.9 cm³/mol. The SMILES string of the molecule is CCCCOc1ccccc1NC(=O)Oc1ccccc1. The predicted octanol–water partition coefficient (Wildman–Crippen LogP) is 4.48. The monoisotopic (exact) mass is 285 g/mol. The largest absolute Gasteiger partial charge is 0.491 e. The fourth-order valence-electron chi connectivity index (χ4n) is 1.75. The third kappa shape index (κ3) is 4.84. The van der Waals surface area contributed by atoms with Crippen LogP contribution in [0.5, 0.6) is 11.5 Å². The second kappa shape index (κ2) is 7.94. The molecule has 0 radical (unpaired) electrons. The van der Waals surface area contributed by atoms with Crippen LogP contribution in [0.25, 0.3) is 0 Å². The van der Waals surface area contributed by atoms with E-state index in [2.05, 4.69) is 12.2 Å². The summed E-state index contributed by atoms with van der Waals surface area (Å²) in [6.45, 7) is 2.73. The van der Waals surface area contributed by atoms with Gasteiger partial charge in [0.2, 0.25) is 0 Å². The first kappa shape index (κ1) is 14.9. The lowest BCUT2D eigenvalue weighted by Crippen LogP contribution is -2.17. The Morgan fingerprint density at radius 3 is 2.52 bits per heavy atom. The second-order valence-electron chi connectivity index (χ2n) is 4.53. The van der Waals surface area contributed by atoms with Crippen LogP contribution in [0, 0.1) is 0 Å². The number of para-hydroxylation sites is 3. The summed E-state index contributed by atoms with van der Waals surface area (Å²) >= 11 is 0. The first-order valence-corrected chi connectivity index (χ1v) is 7.05. The van der Waals surface area contributed by atoms with Crippen LogP contribution in [0.2, 0.25) is 0 Å². The van der Waals surface area contributed by atoms with E-state index in [1.54, 1.807) is 18.2 Å². The van der Waals surface area contributed by atoms with Crippen molar-refractivity contribution in [2.75, 3.05) is 11.9 Å². The van der Waals surface area contributed by atoms with Crippen LogP contribution in [-0.4, -0.2) is 12.7 Å². The van der Waals surface area contributed by atoms with Gasteiger partial charge in [-0.15, -0.1) is 0 Å². The quantitative estimate of drug-likeness (QED) is 0.796. The van der Waals surface area contributed by atoms with Crippen LogP contribution < -0.4 is 14.8 Å². The fourth-order valence-corrected chi connectivity index (χ4v) is 1.75. The van der Waals surface area contributed by atoms with E-state index in [9.17, 15) is 4.79 Å². The number of nitrogens with one attached hydrogen (secondary N) is 1. The molecule has 0 bridgehead atoms. The van der Waals surface area contributed by atoms with Gasteiger partial charge in [-0.2, -0.15) is 0 Å². The number of carbonyl (C=O) groups is 1. The Hall–Kier alpha value is -2.49. The Balaban J connectivity index is 1.97. The normalized spacial score (nSPS) is 9.95. The molecule has 2 aromatic carbocycles. The van der Waals surface area contributed by atoms with E-state index in [0.717, 1.165) is 12.8 Å². The minimum atomic E-state index is -0.534. The van der Waals surface area contributed by atoms with Crippen LogP contribution >= 0.6 is 0 Å². The number of carbonyl (C=O) groups excluding carboxylic acids is 1. The van der Waals surface area contributed by atoms with Crippen molar-refractivity contribution in [1.29, 1.82) is 0 Å². The van der Waals surface area contributed by atoms with Crippen molar-refractivity contribution in [2.24, 2.45) is 0 Å². The van der Waals surface area contributed by atoms with E-state index in [4.69, 9.17) is 9.47 Å². The Labute approximate surface area is 124 Å². The van der Waals surface area contributed by atoms with Crippen molar-refractivity contribution >= 4 is 11.8 Å². The molecule has 0 atom stereocenters. The molecule has 0 heterocycles. The van der Waals surface area contributed by atoms with E-state index < -0.39 is 6.09 Å². The summed E-state index contributed by atoms with van der Waals surface area (Å²) in [5.74, 6) is 1.15. The average molecular weight is 285 g/mol. The number of benzene rings is 2. The lowest BCUT2D eigenvalue weighted by Gasteiger charge is -2.12. The van der Waals surface area contributed by atoms with Crippen molar-refractivity contribution in [1.82, 2.24) is 0 Å². The Morgan fingerprint density at radius 1 is 1.05 bits per heavy atom. The molecule has 4 nitrogen and oxygen atoms in total. The summed E-state index contributed by atoms with van der Waals surface area (Å²) in [6, 6.07) is 16.3.